The number of rotatable bonds is 5. The van der Waals surface area contributed by atoms with Gasteiger partial charge in [-0.1, -0.05) is 25.0 Å². The number of aromatic nitrogens is 2. The highest BCUT2D eigenvalue weighted by Gasteiger charge is 2.19. The number of aromatic amines is 1. The summed E-state index contributed by atoms with van der Waals surface area (Å²) in [6.45, 7) is 2.09. The molecule has 0 aliphatic carbocycles. The second-order valence-electron chi connectivity index (χ2n) is 6.49. The fourth-order valence-electron chi connectivity index (χ4n) is 3.22. The maximum absolute atomic E-state index is 12.5. The highest BCUT2D eigenvalue weighted by atomic mass is 16.5. The summed E-state index contributed by atoms with van der Waals surface area (Å²) >= 11 is 0. The van der Waals surface area contributed by atoms with E-state index in [-0.39, 0.29) is 5.91 Å². The third kappa shape index (κ3) is 4.13. The van der Waals surface area contributed by atoms with Crippen LogP contribution >= 0.6 is 0 Å². The van der Waals surface area contributed by atoms with Crippen LogP contribution in [0, 0.1) is 0 Å². The molecule has 1 fully saturated rings. The average molecular weight is 342 g/mol. The molecule has 0 unspecified atom stereocenters. The molecule has 1 saturated heterocycles. The van der Waals surface area contributed by atoms with E-state index < -0.39 is 0 Å². The van der Waals surface area contributed by atoms with Crippen LogP contribution in [0.15, 0.2) is 30.3 Å². The van der Waals surface area contributed by atoms with Crippen LogP contribution in [0.25, 0.3) is 11.3 Å². The second kappa shape index (κ2) is 8.05. The maximum atomic E-state index is 12.5. The molecule has 6 nitrogen and oxygen atoms in total. The molecule has 1 aliphatic rings. The van der Waals surface area contributed by atoms with E-state index in [9.17, 15) is 4.79 Å². The molecule has 1 N–H and O–H groups in total. The molecule has 0 radical (unpaired) electrons. The summed E-state index contributed by atoms with van der Waals surface area (Å²) in [4.78, 5) is 16.4. The first-order chi connectivity index (χ1) is 12.2. The molecular formula is C19H26N4O2. The Labute approximate surface area is 148 Å². The largest absolute Gasteiger partial charge is 0.496 e. The SMILES string of the molecule is COc1ccccc1-c1cc(N(C)CC(=O)N2CCCCCC2)n[nH]1. The number of anilines is 1. The minimum atomic E-state index is 0.172. The van der Waals surface area contributed by atoms with Crippen LogP contribution in [0.4, 0.5) is 5.82 Å². The van der Waals surface area contributed by atoms with E-state index in [2.05, 4.69) is 10.2 Å². The van der Waals surface area contributed by atoms with Crippen molar-refractivity contribution >= 4 is 11.7 Å². The molecule has 0 atom stereocenters. The van der Waals surface area contributed by atoms with Gasteiger partial charge in [-0.05, 0) is 25.0 Å². The van der Waals surface area contributed by atoms with Gasteiger partial charge in [-0.25, -0.2) is 0 Å². The number of carbonyl (C=O) groups is 1. The number of hydrogen-bond acceptors (Lipinski definition) is 4. The van der Waals surface area contributed by atoms with Crippen LogP contribution < -0.4 is 9.64 Å². The fraction of sp³-hybridized carbons (Fsp3) is 0.474. The highest BCUT2D eigenvalue weighted by molar-refractivity contribution is 5.81. The molecule has 3 rings (SSSR count). The van der Waals surface area contributed by atoms with E-state index in [0.29, 0.717) is 6.54 Å². The number of nitrogens with one attached hydrogen (secondary N) is 1. The second-order valence-corrected chi connectivity index (χ2v) is 6.49. The summed E-state index contributed by atoms with van der Waals surface area (Å²) in [7, 11) is 3.56. The monoisotopic (exact) mass is 342 g/mol. The van der Waals surface area contributed by atoms with Crippen LogP contribution in [-0.4, -0.2) is 54.8 Å². The van der Waals surface area contributed by atoms with Gasteiger partial charge in [0.05, 0.1) is 19.3 Å². The minimum absolute atomic E-state index is 0.172. The summed E-state index contributed by atoms with van der Waals surface area (Å²) in [5.41, 5.74) is 1.83. The first kappa shape index (κ1) is 17.3. The summed E-state index contributed by atoms with van der Waals surface area (Å²) < 4.78 is 5.40. The Morgan fingerprint density at radius 1 is 1.24 bits per heavy atom. The Kier molecular flexibility index (Phi) is 5.58. The quantitative estimate of drug-likeness (QED) is 0.907. The van der Waals surface area contributed by atoms with Gasteiger partial charge in [0.1, 0.15) is 5.75 Å². The molecule has 25 heavy (non-hydrogen) atoms. The highest BCUT2D eigenvalue weighted by Crippen LogP contribution is 2.29. The first-order valence-corrected chi connectivity index (χ1v) is 8.87. The zero-order chi connectivity index (χ0) is 17.6. The van der Waals surface area contributed by atoms with Gasteiger partial charge in [0.15, 0.2) is 5.82 Å². The zero-order valence-electron chi connectivity index (χ0n) is 15.0. The van der Waals surface area contributed by atoms with Gasteiger partial charge in [-0.2, -0.15) is 5.10 Å². The predicted molar refractivity (Wildman–Crippen MR) is 98.9 cm³/mol. The van der Waals surface area contributed by atoms with Crippen molar-refractivity contribution < 1.29 is 9.53 Å². The van der Waals surface area contributed by atoms with Crippen LogP contribution in [0.1, 0.15) is 25.7 Å². The molecule has 1 amide bonds. The first-order valence-electron chi connectivity index (χ1n) is 8.87. The van der Waals surface area contributed by atoms with Crippen molar-refractivity contribution in [2.75, 3.05) is 38.7 Å². The van der Waals surface area contributed by atoms with Crippen molar-refractivity contribution in [2.45, 2.75) is 25.7 Å². The lowest BCUT2D eigenvalue weighted by Gasteiger charge is -2.23. The van der Waals surface area contributed by atoms with Crippen LogP contribution in [0.2, 0.25) is 0 Å². The Morgan fingerprint density at radius 3 is 2.68 bits per heavy atom. The lowest BCUT2D eigenvalue weighted by Crippen LogP contribution is -2.39. The Bertz CT molecular complexity index is 705. The molecule has 0 saturated carbocycles. The lowest BCUT2D eigenvalue weighted by molar-refractivity contribution is -0.129. The van der Waals surface area contributed by atoms with E-state index >= 15 is 0 Å². The number of methoxy groups -OCH3 is 1. The molecule has 1 aromatic heterocycles. The van der Waals surface area contributed by atoms with Gasteiger partial charge in [-0.15, -0.1) is 0 Å². The third-order valence-electron chi connectivity index (χ3n) is 4.68. The van der Waals surface area contributed by atoms with E-state index in [1.807, 2.05) is 47.2 Å². The van der Waals surface area contributed by atoms with Gasteiger partial charge < -0.3 is 14.5 Å². The zero-order valence-corrected chi connectivity index (χ0v) is 15.0. The Balaban J connectivity index is 1.68. The van der Waals surface area contributed by atoms with Gasteiger partial charge in [0.2, 0.25) is 5.91 Å². The van der Waals surface area contributed by atoms with Crippen LogP contribution in [0.5, 0.6) is 5.75 Å². The molecule has 2 heterocycles. The number of benzene rings is 1. The van der Waals surface area contributed by atoms with Gasteiger partial charge in [-0.3, -0.25) is 9.89 Å². The standard InChI is InChI=1S/C19H26N4O2/c1-22(14-19(24)23-11-7-3-4-8-12-23)18-13-16(20-21-18)15-9-5-6-10-17(15)25-2/h5-6,9-10,13H,3-4,7-8,11-12,14H2,1-2H3,(H,20,21). The van der Waals surface area contributed by atoms with Crippen molar-refractivity contribution in [1.29, 1.82) is 0 Å². The number of likely N-dealkylation sites (N-methyl/N-ethyl adjacent to an activating group) is 1. The molecule has 6 heteroatoms. The topological polar surface area (TPSA) is 61.5 Å². The molecule has 0 spiro atoms. The Hall–Kier alpha value is -2.50. The van der Waals surface area contributed by atoms with Crippen LogP contribution in [-0.2, 0) is 4.79 Å². The number of para-hydroxylation sites is 1. The molecule has 1 aliphatic heterocycles. The number of nitrogens with zero attached hydrogens (tertiary/aromatic N) is 3. The molecule has 0 bridgehead atoms. The number of likely N-dealkylation sites (tertiary alicyclic amines) is 1. The van der Waals surface area contributed by atoms with Gasteiger partial charge in [0, 0.05) is 31.8 Å². The number of carbonyl (C=O) groups excluding carboxylic acids is 1. The summed E-state index contributed by atoms with van der Waals surface area (Å²) in [5, 5.41) is 7.40. The van der Waals surface area contributed by atoms with E-state index in [4.69, 9.17) is 4.74 Å². The van der Waals surface area contributed by atoms with Crippen molar-refractivity contribution in [1.82, 2.24) is 15.1 Å². The van der Waals surface area contributed by atoms with Crippen molar-refractivity contribution in [3.8, 4) is 17.0 Å². The number of ether oxygens (including phenoxy) is 1. The van der Waals surface area contributed by atoms with Gasteiger partial charge >= 0.3 is 0 Å². The number of H-pyrrole nitrogens is 1. The molecular weight excluding hydrogens is 316 g/mol. The van der Waals surface area contributed by atoms with E-state index in [0.717, 1.165) is 48.8 Å². The summed E-state index contributed by atoms with van der Waals surface area (Å²) in [6.07, 6.45) is 4.66. The van der Waals surface area contributed by atoms with Crippen molar-refractivity contribution in [3.05, 3.63) is 30.3 Å². The summed E-state index contributed by atoms with van der Waals surface area (Å²) in [6, 6.07) is 9.75. The van der Waals surface area contributed by atoms with E-state index in [1.165, 1.54) is 12.8 Å². The maximum Gasteiger partial charge on any atom is 0.242 e. The number of hydrogen-bond donors (Lipinski definition) is 1. The lowest BCUT2D eigenvalue weighted by atomic mass is 10.1. The average Bonchev–Trinajstić information content (AvgIpc) is 2.96. The molecule has 1 aromatic carbocycles. The van der Waals surface area contributed by atoms with Crippen LogP contribution in [0.3, 0.4) is 0 Å². The molecule has 134 valence electrons. The Morgan fingerprint density at radius 2 is 1.96 bits per heavy atom. The van der Waals surface area contributed by atoms with E-state index in [1.54, 1.807) is 7.11 Å². The number of amides is 1. The normalized spacial score (nSPS) is 14.9. The smallest absolute Gasteiger partial charge is 0.242 e. The van der Waals surface area contributed by atoms with Crippen molar-refractivity contribution in [3.63, 3.8) is 0 Å². The third-order valence-corrected chi connectivity index (χ3v) is 4.68. The van der Waals surface area contributed by atoms with Crippen molar-refractivity contribution in [2.24, 2.45) is 0 Å². The summed E-state index contributed by atoms with van der Waals surface area (Å²) in [5.74, 6) is 1.72. The predicted octanol–water partition coefficient (Wildman–Crippen LogP) is 2.92. The fourth-order valence-corrected chi connectivity index (χ4v) is 3.22. The molecule has 2 aromatic rings. The van der Waals surface area contributed by atoms with Gasteiger partial charge in [0.25, 0.3) is 0 Å². The minimum Gasteiger partial charge on any atom is -0.496 e.